The number of hydrogen-bond acceptors (Lipinski definition) is 3. The number of phenolic OH excluding ortho intramolecular Hbond substituents is 2. The molecule has 3 N–H and O–H groups in total. The molecule has 0 atom stereocenters. The van der Waals surface area contributed by atoms with Crippen LogP contribution in [0, 0.1) is 6.92 Å². The average molecular weight is 285 g/mol. The van der Waals surface area contributed by atoms with Gasteiger partial charge in [0.1, 0.15) is 11.5 Å². The fourth-order valence-electron chi connectivity index (χ4n) is 2.57. The van der Waals surface area contributed by atoms with Crippen LogP contribution in [-0.2, 0) is 10.2 Å². The number of hydrogen-bond donors (Lipinski definition) is 3. The molecule has 0 aromatic heterocycles. The van der Waals surface area contributed by atoms with Crippen molar-refractivity contribution < 1.29 is 20.1 Å². The zero-order valence-corrected chi connectivity index (χ0v) is 11.5. The summed E-state index contributed by atoms with van der Waals surface area (Å²) in [4.78, 5) is 11.3. The third-order valence-corrected chi connectivity index (χ3v) is 3.72. The largest absolute Gasteiger partial charge is 0.508 e. The Bertz CT molecular complexity index is 569. The van der Waals surface area contributed by atoms with Crippen molar-refractivity contribution in [2.24, 2.45) is 0 Å². The minimum atomic E-state index is -0.931. The lowest BCUT2D eigenvalue weighted by molar-refractivity contribution is -0.138. The molecule has 1 radical (unpaired) electrons. The number of benzene rings is 2. The van der Waals surface area contributed by atoms with Gasteiger partial charge in [-0.05, 0) is 41.8 Å². The molecule has 0 heterocycles. The third-order valence-electron chi connectivity index (χ3n) is 3.72. The van der Waals surface area contributed by atoms with Crippen molar-refractivity contribution in [3.8, 4) is 11.5 Å². The number of carbonyl (C=O) groups is 1. The van der Waals surface area contributed by atoms with Crippen LogP contribution in [0.25, 0.3) is 0 Å². The Morgan fingerprint density at radius 3 is 1.57 bits per heavy atom. The molecule has 21 heavy (non-hydrogen) atoms. The zero-order chi connectivity index (χ0) is 15.5. The Morgan fingerprint density at radius 1 is 0.905 bits per heavy atom. The fraction of sp³-hybridized carbons (Fsp3) is 0.176. The average Bonchev–Trinajstić information content (AvgIpc) is 2.46. The Balaban J connectivity index is 2.59. The highest BCUT2D eigenvalue weighted by Crippen LogP contribution is 2.39. The van der Waals surface area contributed by atoms with E-state index in [2.05, 4.69) is 6.92 Å². The first-order valence-electron chi connectivity index (χ1n) is 6.58. The van der Waals surface area contributed by atoms with Crippen molar-refractivity contribution in [3.05, 3.63) is 66.6 Å². The van der Waals surface area contributed by atoms with Crippen LogP contribution in [0.15, 0.2) is 48.5 Å². The van der Waals surface area contributed by atoms with Crippen molar-refractivity contribution >= 4 is 5.97 Å². The van der Waals surface area contributed by atoms with E-state index in [-0.39, 0.29) is 17.9 Å². The van der Waals surface area contributed by atoms with E-state index in [1.807, 2.05) is 0 Å². The summed E-state index contributed by atoms with van der Waals surface area (Å²) in [5, 5.41) is 28.1. The van der Waals surface area contributed by atoms with Crippen molar-refractivity contribution in [1.29, 1.82) is 0 Å². The van der Waals surface area contributed by atoms with Gasteiger partial charge in [0.05, 0.1) is 6.42 Å². The van der Waals surface area contributed by atoms with Gasteiger partial charge in [-0.1, -0.05) is 31.2 Å². The molecule has 4 nitrogen and oxygen atoms in total. The van der Waals surface area contributed by atoms with Crippen molar-refractivity contribution in [1.82, 2.24) is 0 Å². The molecule has 0 saturated carbocycles. The van der Waals surface area contributed by atoms with Crippen LogP contribution in [-0.4, -0.2) is 21.3 Å². The normalized spacial score (nSPS) is 11.3. The van der Waals surface area contributed by atoms with Crippen LogP contribution >= 0.6 is 0 Å². The summed E-state index contributed by atoms with van der Waals surface area (Å²) in [5.74, 6) is -0.685. The maximum Gasteiger partial charge on any atom is 0.304 e. The van der Waals surface area contributed by atoms with Crippen LogP contribution in [0.5, 0.6) is 11.5 Å². The van der Waals surface area contributed by atoms with E-state index in [0.717, 1.165) is 11.1 Å². The Kier molecular flexibility index (Phi) is 4.17. The molecule has 0 aliphatic heterocycles. The summed E-state index contributed by atoms with van der Waals surface area (Å²) < 4.78 is 0. The third kappa shape index (κ3) is 2.99. The molecular formula is C17H17O4. The number of aliphatic carboxylic acids is 1. The maximum atomic E-state index is 11.3. The fourth-order valence-corrected chi connectivity index (χ4v) is 2.57. The quantitative estimate of drug-likeness (QED) is 0.789. The molecule has 0 spiro atoms. The smallest absolute Gasteiger partial charge is 0.304 e. The predicted octanol–water partition coefficient (Wildman–Crippen LogP) is 3.08. The van der Waals surface area contributed by atoms with Gasteiger partial charge in [-0.3, -0.25) is 4.79 Å². The zero-order valence-electron chi connectivity index (χ0n) is 11.5. The Morgan fingerprint density at radius 2 is 1.29 bits per heavy atom. The molecule has 0 unspecified atom stereocenters. The van der Waals surface area contributed by atoms with Gasteiger partial charge in [0.2, 0.25) is 0 Å². The molecule has 0 aliphatic rings. The van der Waals surface area contributed by atoms with Gasteiger partial charge in [-0.2, -0.15) is 0 Å². The molecule has 2 aromatic rings. The molecule has 2 rings (SSSR count). The van der Waals surface area contributed by atoms with Crippen LogP contribution in [0.2, 0.25) is 0 Å². The molecule has 109 valence electrons. The Hall–Kier alpha value is -2.49. The molecule has 0 aliphatic carbocycles. The van der Waals surface area contributed by atoms with Gasteiger partial charge in [0.25, 0.3) is 0 Å². The first-order valence-corrected chi connectivity index (χ1v) is 6.58. The second-order valence-corrected chi connectivity index (χ2v) is 5.00. The lowest BCUT2D eigenvalue weighted by Gasteiger charge is -2.32. The minimum absolute atomic E-state index is 0.119. The second kappa shape index (κ2) is 5.87. The number of carboxylic acids is 1. The summed E-state index contributed by atoms with van der Waals surface area (Å²) in [7, 11) is 0. The highest BCUT2D eigenvalue weighted by atomic mass is 16.4. The maximum absolute atomic E-state index is 11.3. The number of rotatable bonds is 5. The molecular weight excluding hydrogens is 268 g/mol. The highest BCUT2D eigenvalue weighted by Gasteiger charge is 2.35. The summed E-state index contributed by atoms with van der Waals surface area (Å²) in [6, 6.07) is 12.9. The molecule has 0 saturated heterocycles. The summed E-state index contributed by atoms with van der Waals surface area (Å²) in [6.45, 7) is 3.92. The first kappa shape index (κ1) is 14.9. The van der Waals surface area contributed by atoms with Gasteiger partial charge in [0, 0.05) is 5.41 Å². The monoisotopic (exact) mass is 285 g/mol. The van der Waals surface area contributed by atoms with Gasteiger partial charge >= 0.3 is 5.97 Å². The van der Waals surface area contributed by atoms with Crippen LogP contribution < -0.4 is 0 Å². The molecule has 2 aromatic carbocycles. The predicted molar refractivity (Wildman–Crippen MR) is 79.2 cm³/mol. The van der Waals surface area contributed by atoms with E-state index in [0.29, 0.717) is 6.42 Å². The molecule has 0 fully saturated rings. The van der Waals surface area contributed by atoms with Gasteiger partial charge in [0.15, 0.2) is 0 Å². The summed E-state index contributed by atoms with van der Waals surface area (Å²) >= 11 is 0. The molecule has 4 heteroatoms. The van der Waals surface area contributed by atoms with E-state index in [1.165, 1.54) is 24.3 Å². The van der Waals surface area contributed by atoms with E-state index in [4.69, 9.17) is 0 Å². The summed E-state index contributed by atoms with van der Waals surface area (Å²) in [6.07, 6.45) is 0.223. The SMILES string of the molecule is [CH2]CC(CC(=O)O)(c1ccc(O)cc1)c1ccc(O)cc1. The number of phenols is 2. The highest BCUT2D eigenvalue weighted by molar-refractivity contribution is 5.70. The summed E-state index contributed by atoms with van der Waals surface area (Å²) in [5.41, 5.74) is 0.736. The van der Waals surface area contributed by atoms with E-state index < -0.39 is 11.4 Å². The van der Waals surface area contributed by atoms with Crippen LogP contribution in [0.3, 0.4) is 0 Å². The van der Waals surface area contributed by atoms with Crippen LogP contribution in [0.1, 0.15) is 24.0 Å². The molecule has 0 bridgehead atoms. The second-order valence-electron chi connectivity index (χ2n) is 5.00. The lowest BCUT2D eigenvalue weighted by Crippen LogP contribution is -2.30. The minimum Gasteiger partial charge on any atom is -0.508 e. The Labute approximate surface area is 123 Å². The first-order chi connectivity index (χ1) is 9.98. The van der Waals surface area contributed by atoms with Gasteiger partial charge in [-0.25, -0.2) is 0 Å². The van der Waals surface area contributed by atoms with E-state index >= 15 is 0 Å². The van der Waals surface area contributed by atoms with E-state index in [1.54, 1.807) is 24.3 Å². The number of aromatic hydroxyl groups is 2. The standard InChI is InChI=1S/C17H17O4/c1-2-17(11-16(20)21,12-3-7-14(18)8-4-12)13-5-9-15(19)10-6-13/h3-10,18-19H,1-2,11H2,(H,20,21). The number of carboxylic acid groups (broad SMARTS) is 1. The topological polar surface area (TPSA) is 77.8 Å². The van der Waals surface area contributed by atoms with Gasteiger partial charge < -0.3 is 15.3 Å². The van der Waals surface area contributed by atoms with Crippen molar-refractivity contribution in [2.75, 3.05) is 0 Å². The lowest BCUT2D eigenvalue weighted by atomic mass is 9.70. The van der Waals surface area contributed by atoms with Crippen molar-refractivity contribution in [3.63, 3.8) is 0 Å². The van der Waals surface area contributed by atoms with Crippen molar-refractivity contribution in [2.45, 2.75) is 18.3 Å². The van der Waals surface area contributed by atoms with Gasteiger partial charge in [-0.15, -0.1) is 0 Å². The van der Waals surface area contributed by atoms with Crippen LogP contribution in [0.4, 0.5) is 0 Å². The molecule has 0 amide bonds. The van der Waals surface area contributed by atoms with E-state index in [9.17, 15) is 20.1 Å².